The quantitative estimate of drug-likeness (QED) is 0.139. The van der Waals surface area contributed by atoms with Gasteiger partial charge in [0.15, 0.2) is 35.6 Å². The van der Waals surface area contributed by atoms with Crippen LogP contribution in [-0.4, -0.2) is 136 Å². The van der Waals surface area contributed by atoms with E-state index >= 15 is 0 Å². The summed E-state index contributed by atoms with van der Waals surface area (Å²) in [4.78, 5) is 0. The van der Waals surface area contributed by atoms with Crippen molar-refractivity contribution in [3.8, 4) is 23.0 Å². The molecule has 2 aromatic rings. The highest BCUT2D eigenvalue weighted by Crippen LogP contribution is 2.52. The molecule has 2 fully saturated rings. The molecule has 2 aromatic carbocycles. The predicted molar refractivity (Wildman–Crippen MR) is 160 cm³/mol. The second kappa shape index (κ2) is 15.2. The number of aliphatic hydroxyl groups excluding tert-OH is 7. The number of hydrogen-bond donors (Lipinski definition) is 8. The van der Waals surface area contributed by atoms with Crippen molar-refractivity contribution < 1.29 is 74.0 Å². The van der Waals surface area contributed by atoms with Gasteiger partial charge in [-0.1, -0.05) is 12.1 Å². The van der Waals surface area contributed by atoms with Gasteiger partial charge in [-0.25, -0.2) is 0 Å². The zero-order valence-electron chi connectivity index (χ0n) is 26.3. The van der Waals surface area contributed by atoms with Crippen LogP contribution in [0.2, 0.25) is 0 Å². The van der Waals surface area contributed by atoms with Gasteiger partial charge < -0.3 is 74.0 Å². The minimum Gasteiger partial charge on any atom is -0.504 e. The Bertz CT molecular complexity index is 1340. The summed E-state index contributed by atoms with van der Waals surface area (Å²) in [6.07, 6.45) is -13.9. The molecule has 3 aliphatic rings. The fourth-order valence-electron chi connectivity index (χ4n) is 6.12. The highest BCUT2D eigenvalue weighted by atomic mass is 16.7. The fourth-order valence-corrected chi connectivity index (χ4v) is 6.12. The third-order valence-electron chi connectivity index (χ3n) is 8.87. The van der Waals surface area contributed by atoms with E-state index in [9.17, 15) is 40.9 Å². The van der Waals surface area contributed by atoms with Crippen molar-refractivity contribution in [1.82, 2.24) is 0 Å². The molecule has 3 aliphatic heterocycles. The van der Waals surface area contributed by atoms with E-state index in [2.05, 4.69) is 0 Å². The first-order chi connectivity index (χ1) is 22.5. The van der Waals surface area contributed by atoms with Crippen molar-refractivity contribution in [2.75, 3.05) is 34.0 Å². The molecule has 12 atom stereocenters. The number of fused-ring (bicyclic) bond motifs is 1. The summed E-state index contributed by atoms with van der Waals surface area (Å²) in [6, 6.07) is 8.55. The molecule has 262 valence electrons. The molecular weight excluding hydrogens is 624 g/mol. The summed E-state index contributed by atoms with van der Waals surface area (Å²) >= 11 is 0. The van der Waals surface area contributed by atoms with Crippen LogP contribution in [0.5, 0.6) is 23.0 Å². The molecule has 0 saturated carbocycles. The second-order valence-corrected chi connectivity index (χ2v) is 12.0. The largest absolute Gasteiger partial charge is 0.504 e. The molecule has 8 N–H and O–H groups in total. The molecule has 0 radical (unpaired) electrons. The monoisotopic (exact) mass is 668 g/mol. The molecule has 47 heavy (non-hydrogen) atoms. The molecule has 0 aromatic heterocycles. The number of aromatic hydroxyl groups is 1. The number of aliphatic hydroxyl groups is 7. The van der Waals surface area contributed by atoms with Crippen LogP contribution in [0.1, 0.15) is 42.1 Å². The van der Waals surface area contributed by atoms with Crippen molar-refractivity contribution in [1.29, 1.82) is 0 Å². The van der Waals surface area contributed by atoms with E-state index in [4.69, 9.17) is 33.2 Å². The number of benzene rings is 2. The highest BCUT2D eigenvalue weighted by Gasteiger charge is 2.48. The maximum Gasteiger partial charge on any atom is 0.186 e. The Morgan fingerprint density at radius 2 is 1.40 bits per heavy atom. The number of phenols is 1. The van der Waals surface area contributed by atoms with E-state index in [1.165, 1.54) is 27.2 Å². The zero-order valence-corrected chi connectivity index (χ0v) is 26.3. The minimum absolute atomic E-state index is 0.00171. The normalized spacial score (nSPS) is 35.3. The Balaban J connectivity index is 1.37. The molecule has 0 spiro atoms. The SMILES string of the molecule is COc1cc([C@H]2Oc3c(OC)cc(CCCO)cc3[C@@H]2CO[C@@H]2O[C@H](CO[C@@H]3O[C@@H](C)[C@H](O)[C@@H](O)[C@H]3O)[C@@H](O)[C@H](O)[C@H]2O)ccc1O. The second-order valence-electron chi connectivity index (χ2n) is 12.0. The van der Waals surface area contributed by atoms with Gasteiger partial charge in [-0.15, -0.1) is 0 Å². The topological polar surface area (TPSA) is 226 Å². The van der Waals surface area contributed by atoms with E-state index in [0.717, 1.165) is 11.1 Å². The summed E-state index contributed by atoms with van der Waals surface area (Å²) in [5, 5.41) is 82.1. The molecule has 0 aliphatic carbocycles. The average Bonchev–Trinajstić information content (AvgIpc) is 3.44. The van der Waals surface area contributed by atoms with Crippen molar-refractivity contribution in [2.24, 2.45) is 0 Å². The van der Waals surface area contributed by atoms with E-state index < -0.39 is 80.0 Å². The third kappa shape index (κ3) is 7.30. The molecule has 15 nitrogen and oxygen atoms in total. The first-order valence-corrected chi connectivity index (χ1v) is 15.5. The smallest absolute Gasteiger partial charge is 0.186 e. The molecule has 0 bridgehead atoms. The summed E-state index contributed by atoms with van der Waals surface area (Å²) in [5.74, 6) is 0.570. The van der Waals surface area contributed by atoms with Crippen molar-refractivity contribution in [3.05, 3.63) is 47.0 Å². The van der Waals surface area contributed by atoms with Crippen LogP contribution in [-0.2, 0) is 25.4 Å². The summed E-state index contributed by atoms with van der Waals surface area (Å²) < 4.78 is 40.3. The van der Waals surface area contributed by atoms with Crippen LogP contribution in [0.4, 0.5) is 0 Å². The summed E-state index contributed by atoms with van der Waals surface area (Å²) in [5.41, 5.74) is 2.25. The van der Waals surface area contributed by atoms with Crippen molar-refractivity contribution >= 4 is 0 Å². The van der Waals surface area contributed by atoms with Crippen molar-refractivity contribution in [3.63, 3.8) is 0 Å². The fraction of sp³-hybridized carbons (Fsp3) is 0.625. The van der Waals surface area contributed by atoms with Gasteiger partial charge >= 0.3 is 0 Å². The van der Waals surface area contributed by atoms with Gasteiger partial charge in [0.05, 0.1) is 39.5 Å². The van der Waals surface area contributed by atoms with Gasteiger partial charge in [-0.3, -0.25) is 0 Å². The molecular formula is C32H44O15. The predicted octanol–water partition coefficient (Wildman–Crippen LogP) is -0.780. The van der Waals surface area contributed by atoms with Crippen LogP contribution in [0.3, 0.4) is 0 Å². The van der Waals surface area contributed by atoms with Gasteiger partial charge in [0.1, 0.15) is 48.8 Å². The number of rotatable bonds is 12. The van der Waals surface area contributed by atoms with Gasteiger partial charge in [0, 0.05) is 12.2 Å². The maximum atomic E-state index is 10.8. The van der Waals surface area contributed by atoms with Gasteiger partial charge in [0.25, 0.3) is 0 Å². The van der Waals surface area contributed by atoms with Crippen LogP contribution < -0.4 is 14.2 Å². The number of methoxy groups -OCH3 is 2. The summed E-state index contributed by atoms with van der Waals surface area (Å²) in [7, 11) is 2.94. The van der Waals surface area contributed by atoms with Crippen LogP contribution in [0.15, 0.2) is 30.3 Å². The number of ether oxygens (including phenoxy) is 7. The number of phenolic OH excluding ortho intramolecular Hbond substituents is 1. The molecule has 3 heterocycles. The lowest BCUT2D eigenvalue weighted by Crippen LogP contribution is -2.61. The van der Waals surface area contributed by atoms with Gasteiger partial charge in [0.2, 0.25) is 0 Å². The average molecular weight is 669 g/mol. The third-order valence-corrected chi connectivity index (χ3v) is 8.87. The Morgan fingerprint density at radius 1 is 0.745 bits per heavy atom. The Kier molecular flexibility index (Phi) is 11.5. The zero-order chi connectivity index (χ0) is 34.0. The lowest BCUT2D eigenvalue weighted by molar-refractivity contribution is -0.328. The Morgan fingerprint density at radius 3 is 2.09 bits per heavy atom. The van der Waals surface area contributed by atoms with E-state index in [-0.39, 0.29) is 24.7 Å². The van der Waals surface area contributed by atoms with Crippen LogP contribution in [0, 0.1) is 0 Å². The Hall–Kier alpha value is -2.80. The lowest BCUT2D eigenvalue weighted by Gasteiger charge is -2.42. The van der Waals surface area contributed by atoms with E-state index in [1.807, 2.05) is 12.1 Å². The molecule has 0 amide bonds. The van der Waals surface area contributed by atoms with Crippen LogP contribution in [0.25, 0.3) is 0 Å². The summed E-state index contributed by atoms with van der Waals surface area (Å²) in [6.45, 7) is 0.946. The number of aryl methyl sites for hydroxylation is 1. The van der Waals surface area contributed by atoms with E-state index in [1.54, 1.807) is 12.1 Å². The molecule has 0 unspecified atom stereocenters. The molecule has 2 saturated heterocycles. The highest BCUT2D eigenvalue weighted by molar-refractivity contribution is 5.56. The molecule has 15 heteroatoms. The molecule has 5 rings (SSSR count). The number of hydrogen-bond acceptors (Lipinski definition) is 15. The van der Waals surface area contributed by atoms with E-state index in [0.29, 0.717) is 29.9 Å². The Labute approximate surface area is 271 Å². The first-order valence-electron chi connectivity index (χ1n) is 15.5. The van der Waals surface area contributed by atoms with Gasteiger partial charge in [-0.05, 0) is 49.1 Å². The van der Waals surface area contributed by atoms with Gasteiger partial charge in [-0.2, -0.15) is 0 Å². The van der Waals surface area contributed by atoms with Crippen molar-refractivity contribution in [2.45, 2.75) is 93.2 Å². The lowest BCUT2D eigenvalue weighted by atomic mass is 9.90. The van der Waals surface area contributed by atoms with Crippen LogP contribution >= 0.6 is 0 Å². The first kappa shape index (κ1) is 35.5. The minimum atomic E-state index is -1.69. The standard InChI is InChI=1S/C32H44O15/c1-14-23(35)25(37)27(39)31(45-14)44-13-22-24(36)26(38)28(40)32(46-22)43-12-18-17-9-15(5-4-8-33)10-21(42-3)30(17)47-29(18)16-6-7-19(34)20(11-16)41-2/h6-7,9-11,14,18,22-29,31-40H,4-5,8,12-13H2,1-3H3/t14-,18-,22+,23-,24+,25+,26-,27+,28+,29+,31+,32+/m0/s1. The maximum absolute atomic E-state index is 10.8.